The van der Waals surface area contributed by atoms with Gasteiger partial charge in [0.15, 0.2) is 5.96 Å². The van der Waals surface area contributed by atoms with Gasteiger partial charge in [-0.05, 0) is 51.3 Å². The summed E-state index contributed by atoms with van der Waals surface area (Å²) in [5, 5.41) is 11.3. The number of aryl methyl sites for hydroxylation is 2. The van der Waals surface area contributed by atoms with Crippen molar-refractivity contribution in [2.45, 2.75) is 46.7 Å². The van der Waals surface area contributed by atoms with Crippen molar-refractivity contribution in [3.05, 3.63) is 59.6 Å². The van der Waals surface area contributed by atoms with Crippen molar-refractivity contribution >= 4 is 5.96 Å². The van der Waals surface area contributed by atoms with Gasteiger partial charge in [0.2, 0.25) is 0 Å². The maximum absolute atomic E-state index is 4.72. The van der Waals surface area contributed by atoms with Gasteiger partial charge >= 0.3 is 0 Å². The normalized spacial score (nSPS) is 12.8. The molecule has 1 atom stereocenters. The summed E-state index contributed by atoms with van der Waals surface area (Å²) >= 11 is 0. The summed E-state index contributed by atoms with van der Waals surface area (Å²) in [4.78, 5) is 13.3. The van der Waals surface area contributed by atoms with Crippen LogP contribution in [0.2, 0.25) is 0 Å². The summed E-state index contributed by atoms with van der Waals surface area (Å²) in [6, 6.07) is 4.25. The number of hydrogen-bond donors (Lipinski definition) is 2. The standard InChI is InChI=1S/C21H30N8/c1-6-23-21(26-15(2)11-19-16(3)27-28(5)17(19)4)25-13-18-7-8-20(24-12-18)29-10-9-22-14-29/h7-10,12,14-15H,6,11,13H2,1-5H3,(H2,23,25,26). The number of rotatable bonds is 7. The van der Waals surface area contributed by atoms with Crippen LogP contribution in [0.5, 0.6) is 0 Å². The number of aromatic nitrogens is 5. The highest BCUT2D eigenvalue weighted by Gasteiger charge is 2.14. The summed E-state index contributed by atoms with van der Waals surface area (Å²) < 4.78 is 3.82. The Morgan fingerprint density at radius 1 is 1.28 bits per heavy atom. The number of guanidine groups is 1. The average Bonchev–Trinajstić information content (AvgIpc) is 3.32. The number of imidazole rings is 1. The molecular formula is C21H30N8. The second-order valence-electron chi connectivity index (χ2n) is 7.21. The average molecular weight is 395 g/mol. The van der Waals surface area contributed by atoms with Crippen molar-refractivity contribution in [2.75, 3.05) is 6.54 Å². The summed E-state index contributed by atoms with van der Waals surface area (Å²) in [5.41, 5.74) is 4.65. The maximum atomic E-state index is 4.72. The molecule has 0 saturated carbocycles. The molecule has 0 amide bonds. The van der Waals surface area contributed by atoms with Gasteiger partial charge in [0.1, 0.15) is 12.1 Å². The Morgan fingerprint density at radius 3 is 2.69 bits per heavy atom. The number of nitrogens with zero attached hydrogens (tertiary/aromatic N) is 6. The van der Waals surface area contributed by atoms with Gasteiger partial charge in [-0.2, -0.15) is 5.10 Å². The fourth-order valence-corrected chi connectivity index (χ4v) is 3.25. The first kappa shape index (κ1) is 20.6. The third kappa shape index (κ3) is 5.22. The molecule has 0 aliphatic rings. The first-order valence-electron chi connectivity index (χ1n) is 9.95. The molecule has 0 radical (unpaired) electrons. The third-order valence-electron chi connectivity index (χ3n) is 4.89. The van der Waals surface area contributed by atoms with Crippen molar-refractivity contribution < 1.29 is 0 Å². The molecule has 0 aromatic carbocycles. The van der Waals surface area contributed by atoms with E-state index in [9.17, 15) is 0 Å². The minimum absolute atomic E-state index is 0.233. The van der Waals surface area contributed by atoms with E-state index in [1.807, 2.05) is 40.8 Å². The van der Waals surface area contributed by atoms with Crippen molar-refractivity contribution in [3.8, 4) is 5.82 Å². The second-order valence-corrected chi connectivity index (χ2v) is 7.21. The van der Waals surface area contributed by atoms with Gasteiger partial charge in [-0.25, -0.2) is 15.0 Å². The maximum Gasteiger partial charge on any atom is 0.191 e. The van der Waals surface area contributed by atoms with Gasteiger partial charge in [-0.15, -0.1) is 0 Å². The lowest BCUT2D eigenvalue weighted by Crippen LogP contribution is -2.43. The molecular weight excluding hydrogens is 364 g/mol. The molecule has 0 saturated heterocycles. The highest BCUT2D eigenvalue weighted by Crippen LogP contribution is 2.14. The largest absolute Gasteiger partial charge is 0.357 e. The van der Waals surface area contributed by atoms with Gasteiger partial charge in [-0.3, -0.25) is 9.25 Å². The zero-order chi connectivity index (χ0) is 20.8. The first-order valence-corrected chi connectivity index (χ1v) is 9.95. The number of aliphatic imine (C=N–C) groups is 1. The summed E-state index contributed by atoms with van der Waals surface area (Å²) in [6.45, 7) is 9.78. The lowest BCUT2D eigenvalue weighted by atomic mass is 10.1. The van der Waals surface area contributed by atoms with Crippen LogP contribution in [0.15, 0.2) is 42.0 Å². The molecule has 0 aliphatic carbocycles. The number of hydrogen-bond acceptors (Lipinski definition) is 4. The molecule has 29 heavy (non-hydrogen) atoms. The highest BCUT2D eigenvalue weighted by molar-refractivity contribution is 5.80. The molecule has 3 heterocycles. The second kappa shape index (κ2) is 9.36. The monoisotopic (exact) mass is 394 g/mol. The molecule has 8 nitrogen and oxygen atoms in total. The molecule has 3 aromatic heterocycles. The van der Waals surface area contributed by atoms with Crippen molar-refractivity contribution in [2.24, 2.45) is 12.0 Å². The van der Waals surface area contributed by atoms with E-state index in [2.05, 4.69) is 53.4 Å². The van der Waals surface area contributed by atoms with Crippen LogP contribution in [0.4, 0.5) is 0 Å². The Bertz CT molecular complexity index is 938. The molecule has 3 aromatic rings. The van der Waals surface area contributed by atoms with Crippen LogP contribution in [0.1, 0.15) is 36.4 Å². The van der Waals surface area contributed by atoms with E-state index >= 15 is 0 Å². The van der Waals surface area contributed by atoms with Crippen LogP contribution in [-0.4, -0.2) is 42.9 Å². The minimum atomic E-state index is 0.233. The van der Waals surface area contributed by atoms with Crippen molar-refractivity contribution in [1.82, 2.24) is 34.9 Å². The molecule has 0 spiro atoms. The summed E-state index contributed by atoms with van der Waals surface area (Å²) in [5.74, 6) is 1.65. The Hall–Kier alpha value is -3.16. The zero-order valence-corrected chi connectivity index (χ0v) is 17.8. The van der Waals surface area contributed by atoms with Crippen LogP contribution < -0.4 is 10.6 Å². The van der Waals surface area contributed by atoms with Crippen LogP contribution >= 0.6 is 0 Å². The van der Waals surface area contributed by atoms with Crippen LogP contribution in [0.3, 0.4) is 0 Å². The van der Waals surface area contributed by atoms with E-state index in [0.29, 0.717) is 6.54 Å². The lowest BCUT2D eigenvalue weighted by Gasteiger charge is -2.18. The lowest BCUT2D eigenvalue weighted by molar-refractivity contribution is 0.635. The Morgan fingerprint density at radius 2 is 2.10 bits per heavy atom. The van der Waals surface area contributed by atoms with Gasteiger partial charge in [0.25, 0.3) is 0 Å². The van der Waals surface area contributed by atoms with E-state index in [0.717, 1.165) is 36.0 Å². The predicted octanol–water partition coefficient (Wildman–Crippen LogP) is 2.30. The molecule has 3 rings (SSSR count). The van der Waals surface area contributed by atoms with E-state index in [4.69, 9.17) is 4.99 Å². The van der Waals surface area contributed by atoms with E-state index < -0.39 is 0 Å². The molecule has 2 N–H and O–H groups in total. The number of nitrogens with one attached hydrogen (secondary N) is 2. The van der Waals surface area contributed by atoms with Gasteiger partial charge in [-0.1, -0.05) is 6.07 Å². The molecule has 154 valence electrons. The van der Waals surface area contributed by atoms with Gasteiger partial charge in [0.05, 0.1) is 12.2 Å². The smallest absolute Gasteiger partial charge is 0.191 e. The van der Waals surface area contributed by atoms with Crippen molar-refractivity contribution in [3.63, 3.8) is 0 Å². The summed E-state index contributed by atoms with van der Waals surface area (Å²) in [6.07, 6.45) is 8.11. The Kier molecular flexibility index (Phi) is 6.64. The predicted molar refractivity (Wildman–Crippen MR) is 115 cm³/mol. The highest BCUT2D eigenvalue weighted by atomic mass is 15.3. The van der Waals surface area contributed by atoms with Crippen LogP contribution in [0, 0.1) is 13.8 Å². The fraction of sp³-hybridized carbons (Fsp3) is 0.429. The van der Waals surface area contributed by atoms with Gasteiger partial charge < -0.3 is 10.6 Å². The van der Waals surface area contributed by atoms with E-state index in [-0.39, 0.29) is 6.04 Å². The molecule has 0 fully saturated rings. The number of pyridine rings is 1. The van der Waals surface area contributed by atoms with Gasteiger partial charge in [0, 0.05) is 43.9 Å². The van der Waals surface area contributed by atoms with Crippen LogP contribution in [-0.2, 0) is 20.0 Å². The molecule has 1 unspecified atom stereocenters. The topological polar surface area (TPSA) is 84.9 Å². The third-order valence-corrected chi connectivity index (χ3v) is 4.89. The Labute approximate surface area is 172 Å². The zero-order valence-electron chi connectivity index (χ0n) is 17.8. The first-order chi connectivity index (χ1) is 14.0. The fourth-order valence-electron chi connectivity index (χ4n) is 3.25. The SMILES string of the molecule is CCNC(=NCc1ccc(-n2ccnc2)nc1)NC(C)Cc1c(C)nn(C)c1C. The molecule has 0 bridgehead atoms. The Balaban J connectivity index is 1.63. The molecule has 0 aliphatic heterocycles. The van der Waals surface area contributed by atoms with Crippen LogP contribution in [0.25, 0.3) is 5.82 Å². The molecule has 8 heteroatoms. The van der Waals surface area contributed by atoms with E-state index in [1.54, 1.807) is 12.5 Å². The van der Waals surface area contributed by atoms with E-state index in [1.165, 1.54) is 11.3 Å². The summed E-state index contributed by atoms with van der Waals surface area (Å²) in [7, 11) is 1.99. The quantitative estimate of drug-likeness (QED) is 0.474. The van der Waals surface area contributed by atoms with Crippen molar-refractivity contribution in [1.29, 1.82) is 0 Å². The minimum Gasteiger partial charge on any atom is -0.357 e.